The molecule has 30 heavy (non-hydrogen) atoms. The molecule has 0 bridgehead atoms. The Morgan fingerprint density at radius 2 is 1.87 bits per heavy atom. The van der Waals surface area contributed by atoms with Crippen LogP contribution in [0.4, 0.5) is 5.69 Å². The Hall–Kier alpha value is -3.07. The second-order valence-electron chi connectivity index (χ2n) is 6.49. The summed E-state index contributed by atoms with van der Waals surface area (Å²) in [5, 5.41) is 12.8. The fraction of sp³-hybridized carbons (Fsp3) is 0.0833. The van der Waals surface area contributed by atoms with Crippen LogP contribution in [0.25, 0.3) is 6.08 Å². The zero-order valence-electron chi connectivity index (χ0n) is 16.2. The van der Waals surface area contributed by atoms with Crippen molar-refractivity contribution in [3.8, 4) is 11.8 Å². The smallest absolute Gasteiger partial charge is 0.266 e. The van der Waals surface area contributed by atoms with E-state index in [2.05, 4.69) is 21.2 Å². The monoisotopic (exact) mass is 480 g/mol. The summed E-state index contributed by atoms with van der Waals surface area (Å²) in [7, 11) is 0. The minimum atomic E-state index is -0.509. The second-order valence-corrected chi connectivity index (χ2v) is 7.81. The quantitative estimate of drug-likeness (QED) is 0.321. The molecule has 1 amide bonds. The van der Waals surface area contributed by atoms with Crippen molar-refractivity contribution in [2.45, 2.75) is 13.5 Å². The molecular formula is C24H18BrClN2O2. The molecule has 0 radical (unpaired) electrons. The molecule has 3 aromatic rings. The van der Waals surface area contributed by atoms with Crippen LogP contribution >= 0.6 is 27.5 Å². The highest BCUT2D eigenvalue weighted by Gasteiger charge is 2.13. The summed E-state index contributed by atoms with van der Waals surface area (Å²) in [5.74, 6) is 0.0745. The molecule has 0 saturated heterocycles. The van der Waals surface area contributed by atoms with Crippen molar-refractivity contribution in [3.05, 3.63) is 98.5 Å². The number of nitriles is 1. The Labute approximate surface area is 188 Å². The van der Waals surface area contributed by atoms with Gasteiger partial charge in [-0.1, -0.05) is 63.9 Å². The average molecular weight is 482 g/mol. The highest BCUT2D eigenvalue weighted by atomic mass is 79.9. The third-order valence-corrected chi connectivity index (χ3v) is 5.35. The molecule has 0 saturated carbocycles. The number of hydrogen-bond donors (Lipinski definition) is 1. The maximum atomic E-state index is 12.6. The number of ether oxygens (including phenoxy) is 1. The predicted octanol–water partition coefficient (Wildman–Crippen LogP) is 6.54. The van der Waals surface area contributed by atoms with Crippen LogP contribution in [-0.2, 0) is 11.4 Å². The highest BCUT2D eigenvalue weighted by molar-refractivity contribution is 9.10. The van der Waals surface area contributed by atoms with Crippen molar-refractivity contribution >= 4 is 45.2 Å². The topological polar surface area (TPSA) is 62.1 Å². The molecule has 0 unspecified atom stereocenters. The van der Waals surface area contributed by atoms with E-state index in [-0.39, 0.29) is 5.57 Å². The number of anilines is 1. The molecule has 0 aliphatic rings. The molecule has 3 aromatic carbocycles. The summed E-state index contributed by atoms with van der Waals surface area (Å²) in [6, 6.07) is 22.3. The van der Waals surface area contributed by atoms with Crippen molar-refractivity contribution in [3.63, 3.8) is 0 Å². The van der Waals surface area contributed by atoms with Crippen LogP contribution in [0.1, 0.15) is 16.7 Å². The van der Waals surface area contributed by atoms with Crippen LogP contribution in [0.5, 0.6) is 5.75 Å². The van der Waals surface area contributed by atoms with Crippen molar-refractivity contribution in [2.24, 2.45) is 0 Å². The molecule has 0 fully saturated rings. The highest BCUT2D eigenvalue weighted by Crippen LogP contribution is 2.25. The second kappa shape index (κ2) is 10.1. The maximum absolute atomic E-state index is 12.6. The zero-order chi connectivity index (χ0) is 21.5. The lowest BCUT2D eigenvalue weighted by molar-refractivity contribution is -0.112. The molecule has 1 N–H and O–H groups in total. The Morgan fingerprint density at radius 1 is 1.13 bits per heavy atom. The molecular weight excluding hydrogens is 464 g/mol. The SMILES string of the molecule is Cc1c(Cl)cccc1NC(=O)/C(C#N)=C/c1ccccc1OCc1ccc(Br)cc1. The number of carbonyl (C=O) groups is 1. The molecule has 0 spiro atoms. The van der Waals surface area contributed by atoms with E-state index < -0.39 is 5.91 Å². The van der Waals surface area contributed by atoms with E-state index in [1.54, 1.807) is 37.3 Å². The van der Waals surface area contributed by atoms with Crippen molar-refractivity contribution in [1.29, 1.82) is 5.26 Å². The first kappa shape index (κ1) is 21.6. The van der Waals surface area contributed by atoms with Gasteiger partial charge in [0.1, 0.15) is 24.0 Å². The number of amides is 1. The number of rotatable bonds is 6. The summed E-state index contributed by atoms with van der Waals surface area (Å²) < 4.78 is 6.92. The standard InChI is InChI=1S/C24H18BrClN2O2/c1-16-21(26)6-4-7-22(16)28-24(29)19(14-27)13-18-5-2-3-8-23(18)30-15-17-9-11-20(25)12-10-17/h2-13H,15H2,1H3,(H,28,29)/b19-13+. The summed E-state index contributed by atoms with van der Waals surface area (Å²) in [6.07, 6.45) is 1.52. The van der Waals surface area contributed by atoms with Gasteiger partial charge in [0, 0.05) is 20.7 Å². The van der Waals surface area contributed by atoms with Gasteiger partial charge in [0.15, 0.2) is 0 Å². The minimum Gasteiger partial charge on any atom is -0.488 e. The maximum Gasteiger partial charge on any atom is 0.266 e. The lowest BCUT2D eigenvalue weighted by atomic mass is 10.1. The fourth-order valence-corrected chi connectivity index (χ4v) is 3.15. The molecule has 0 aliphatic carbocycles. The van der Waals surface area contributed by atoms with E-state index in [1.165, 1.54) is 6.08 Å². The van der Waals surface area contributed by atoms with Gasteiger partial charge >= 0.3 is 0 Å². The molecule has 0 aromatic heterocycles. The predicted molar refractivity (Wildman–Crippen MR) is 123 cm³/mol. The molecule has 0 aliphatic heterocycles. The van der Waals surface area contributed by atoms with Gasteiger partial charge in [-0.3, -0.25) is 4.79 Å². The van der Waals surface area contributed by atoms with Crippen LogP contribution in [0, 0.1) is 18.3 Å². The van der Waals surface area contributed by atoms with Gasteiger partial charge < -0.3 is 10.1 Å². The molecule has 3 rings (SSSR count). The average Bonchev–Trinajstić information content (AvgIpc) is 2.75. The van der Waals surface area contributed by atoms with Crippen LogP contribution in [-0.4, -0.2) is 5.91 Å². The fourth-order valence-electron chi connectivity index (χ4n) is 2.71. The normalized spacial score (nSPS) is 10.9. The number of hydrogen-bond acceptors (Lipinski definition) is 3. The van der Waals surface area contributed by atoms with Gasteiger partial charge in [0.2, 0.25) is 0 Å². The Morgan fingerprint density at radius 3 is 2.60 bits per heavy atom. The van der Waals surface area contributed by atoms with E-state index in [1.807, 2.05) is 42.5 Å². The van der Waals surface area contributed by atoms with Gasteiger partial charge in [-0.15, -0.1) is 0 Å². The Bertz CT molecular complexity index is 1130. The van der Waals surface area contributed by atoms with E-state index in [4.69, 9.17) is 16.3 Å². The summed E-state index contributed by atoms with van der Waals surface area (Å²) in [4.78, 5) is 12.6. The number of para-hydroxylation sites is 1. The van der Waals surface area contributed by atoms with Crippen molar-refractivity contribution < 1.29 is 9.53 Å². The Kier molecular flexibility index (Phi) is 7.29. The summed E-state index contributed by atoms with van der Waals surface area (Å²) in [6.45, 7) is 2.17. The number of benzene rings is 3. The van der Waals surface area contributed by atoms with Gasteiger partial charge in [0.25, 0.3) is 5.91 Å². The number of carbonyl (C=O) groups excluding carboxylic acids is 1. The van der Waals surface area contributed by atoms with Gasteiger partial charge in [-0.05, 0) is 54.5 Å². The first-order valence-electron chi connectivity index (χ1n) is 9.12. The minimum absolute atomic E-state index is 0.0333. The van der Waals surface area contributed by atoms with Crippen LogP contribution < -0.4 is 10.1 Å². The third-order valence-electron chi connectivity index (χ3n) is 4.41. The molecule has 4 nitrogen and oxygen atoms in total. The van der Waals surface area contributed by atoms with E-state index in [9.17, 15) is 10.1 Å². The zero-order valence-corrected chi connectivity index (χ0v) is 18.5. The largest absolute Gasteiger partial charge is 0.488 e. The lowest BCUT2D eigenvalue weighted by Crippen LogP contribution is -2.14. The lowest BCUT2D eigenvalue weighted by Gasteiger charge is -2.11. The van der Waals surface area contributed by atoms with Gasteiger partial charge in [0.05, 0.1) is 0 Å². The third kappa shape index (κ3) is 5.50. The van der Waals surface area contributed by atoms with E-state index in [0.717, 1.165) is 15.6 Å². The van der Waals surface area contributed by atoms with Gasteiger partial charge in [-0.2, -0.15) is 5.26 Å². The molecule has 0 heterocycles. The first-order chi connectivity index (χ1) is 14.5. The first-order valence-corrected chi connectivity index (χ1v) is 10.3. The number of nitrogens with zero attached hydrogens (tertiary/aromatic N) is 1. The van der Waals surface area contributed by atoms with E-state index in [0.29, 0.717) is 28.6 Å². The summed E-state index contributed by atoms with van der Waals surface area (Å²) in [5.41, 5.74) is 2.92. The van der Waals surface area contributed by atoms with Crippen molar-refractivity contribution in [2.75, 3.05) is 5.32 Å². The Balaban J connectivity index is 1.80. The van der Waals surface area contributed by atoms with Crippen molar-refractivity contribution in [1.82, 2.24) is 0 Å². The number of nitrogens with one attached hydrogen (secondary N) is 1. The molecule has 6 heteroatoms. The summed E-state index contributed by atoms with van der Waals surface area (Å²) >= 11 is 9.51. The van der Waals surface area contributed by atoms with Crippen LogP contribution in [0.15, 0.2) is 76.8 Å². The van der Waals surface area contributed by atoms with Gasteiger partial charge in [-0.25, -0.2) is 0 Å². The molecule has 0 atom stereocenters. The van der Waals surface area contributed by atoms with Crippen LogP contribution in [0.3, 0.4) is 0 Å². The van der Waals surface area contributed by atoms with E-state index >= 15 is 0 Å². The number of halogens is 2. The molecule has 150 valence electrons. The van der Waals surface area contributed by atoms with Crippen LogP contribution in [0.2, 0.25) is 5.02 Å².